The zero-order chi connectivity index (χ0) is 12.1. The van der Waals surface area contributed by atoms with Crippen LogP contribution in [0.2, 0.25) is 0 Å². The molecule has 0 saturated heterocycles. The maximum Gasteiger partial charge on any atom is 0.200 e. The van der Waals surface area contributed by atoms with Gasteiger partial charge in [0.25, 0.3) is 0 Å². The highest BCUT2D eigenvalue weighted by atomic mass is 16.5. The molecule has 4 heteroatoms. The van der Waals surface area contributed by atoms with Gasteiger partial charge in [-0.1, -0.05) is 19.1 Å². The van der Waals surface area contributed by atoms with Gasteiger partial charge >= 0.3 is 0 Å². The van der Waals surface area contributed by atoms with Gasteiger partial charge < -0.3 is 15.0 Å². The van der Waals surface area contributed by atoms with Crippen molar-refractivity contribution in [1.82, 2.24) is 9.55 Å². The fourth-order valence-corrected chi connectivity index (χ4v) is 1.58. The predicted molar refractivity (Wildman–Crippen MR) is 68.0 cm³/mol. The Kier molecular flexibility index (Phi) is 3.65. The van der Waals surface area contributed by atoms with Crippen LogP contribution in [0.25, 0.3) is 0 Å². The molecule has 0 aliphatic rings. The summed E-state index contributed by atoms with van der Waals surface area (Å²) < 4.78 is 7.43. The minimum atomic E-state index is 0.538. The monoisotopic (exact) mass is 231 g/mol. The number of hydrogen-bond acceptors (Lipinski definition) is 3. The van der Waals surface area contributed by atoms with E-state index in [1.165, 1.54) is 5.56 Å². The van der Waals surface area contributed by atoms with E-state index in [1.54, 1.807) is 6.20 Å². The van der Waals surface area contributed by atoms with Crippen LogP contribution >= 0.6 is 0 Å². The van der Waals surface area contributed by atoms with E-state index in [2.05, 4.69) is 11.9 Å². The Labute approximate surface area is 101 Å². The van der Waals surface area contributed by atoms with Crippen LogP contribution < -0.4 is 10.5 Å². The van der Waals surface area contributed by atoms with Crippen molar-refractivity contribution in [2.24, 2.45) is 0 Å². The molecule has 4 nitrogen and oxygen atoms in total. The number of anilines is 1. The molecule has 0 atom stereocenters. The molecule has 0 fully saturated rings. The summed E-state index contributed by atoms with van der Waals surface area (Å²) >= 11 is 0. The highest BCUT2D eigenvalue weighted by molar-refractivity contribution is 5.28. The van der Waals surface area contributed by atoms with E-state index in [1.807, 2.05) is 35.0 Å². The van der Waals surface area contributed by atoms with E-state index in [0.29, 0.717) is 5.95 Å². The first-order valence-corrected chi connectivity index (χ1v) is 5.78. The van der Waals surface area contributed by atoms with Crippen LogP contribution in [-0.2, 0) is 6.54 Å². The van der Waals surface area contributed by atoms with E-state index in [0.717, 1.165) is 25.3 Å². The molecular formula is C13H17N3O. The second-order valence-corrected chi connectivity index (χ2v) is 3.91. The van der Waals surface area contributed by atoms with Gasteiger partial charge in [0.1, 0.15) is 5.75 Å². The highest BCUT2D eigenvalue weighted by Crippen LogP contribution is 2.14. The summed E-state index contributed by atoms with van der Waals surface area (Å²) in [4.78, 5) is 3.99. The molecule has 0 unspecified atom stereocenters. The lowest BCUT2D eigenvalue weighted by Gasteiger charge is -2.07. The van der Waals surface area contributed by atoms with Gasteiger partial charge in [-0.05, 0) is 24.1 Å². The average Bonchev–Trinajstić information content (AvgIpc) is 2.74. The smallest absolute Gasteiger partial charge is 0.200 e. The Balaban J connectivity index is 2.01. The van der Waals surface area contributed by atoms with Crippen molar-refractivity contribution in [2.45, 2.75) is 19.9 Å². The molecule has 0 spiro atoms. The summed E-state index contributed by atoms with van der Waals surface area (Å²) in [5.41, 5.74) is 6.89. The van der Waals surface area contributed by atoms with Gasteiger partial charge in [0.2, 0.25) is 0 Å². The first kappa shape index (κ1) is 11.5. The third kappa shape index (κ3) is 3.00. The van der Waals surface area contributed by atoms with E-state index < -0.39 is 0 Å². The van der Waals surface area contributed by atoms with Crippen molar-refractivity contribution in [2.75, 3.05) is 12.3 Å². The minimum Gasteiger partial charge on any atom is -0.494 e. The van der Waals surface area contributed by atoms with Gasteiger partial charge in [-0.3, -0.25) is 0 Å². The predicted octanol–water partition coefficient (Wildman–Crippen LogP) is 2.30. The average molecular weight is 231 g/mol. The molecule has 0 saturated carbocycles. The highest BCUT2D eigenvalue weighted by Gasteiger charge is 2.00. The molecule has 0 aliphatic carbocycles. The van der Waals surface area contributed by atoms with Gasteiger partial charge in [-0.25, -0.2) is 4.98 Å². The van der Waals surface area contributed by atoms with Crippen molar-refractivity contribution in [3.8, 4) is 5.75 Å². The first-order chi connectivity index (χ1) is 8.29. The van der Waals surface area contributed by atoms with Gasteiger partial charge in [-0.15, -0.1) is 0 Å². The standard InChI is InChI=1S/C13H17N3O/c1-2-9-17-12-5-3-11(4-6-12)10-16-8-7-15-13(16)14/h3-8H,2,9-10H2,1H3,(H2,14,15). The molecule has 0 bridgehead atoms. The number of nitrogens with zero attached hydrogens (tertiary/aromatic N) is 2. The van der Waals surface area contributed by atoms with Crippen molar-refractivity contribution in [3.05, 3.63) is 42.2 Å². The van der Waals surface area contributed by atoms with Crippen LogP contribution in [0.4, 0.5) is 5.95 Å². The van der Waals surface area contributed by atoms with Gasteiger partial charge in [0, 0.05) is 12.4 Å². The molecule has 0 radical (unpaired) electrons. The molecule has 90 valence electrons. The number of ether oxygens (including phenoxy) is 1. The lowest BCUT2D eigenvalue weighted by Crippen LogP contribution is -2.03. The molecule has 1 heterocycles. The van der Waals surface area contributed by atoms with E-state index in [9.17, 15) is 0 Å². The van der Waals surface area contributed by atoms with Crippen LogP contribution in [0.3, 0.4) is 0 Å². The molecule has 0 aliphatic heterocycles. The first-order valence-electron chi connectivity index (χ1n) is 5.78. The molecule has 1 aromatic carbocycles. The largest absolute Gasteiger partial charge is 0.494 e. The third-order valence-electron chi connectivity index (χ3n) is 2.50. The number of aromatic nitrogens is 2. The number of rotatable bonds is 5. The van der Waals surface area contributed by atoms with E-state index >= 15 is 0 Å². The van der Waals surface area contributed by atoms with Crippen molar-refractivity contribution in [3.63, 3.8) is 0 Å². The molecule has 2 rings (SSSR count). The normalized spacial score (nSPS) is 10.4. The van der Waals surface area contributed by atoms with Crippen molar-refractivity contribution >= 4 is 5.95 Å². The Morgan fingerprint density at radius 1 is 1.29 bits per heavy atom. The molecule has 2 N–H and O–H groups in total. The van der Waals surface area contributed by atoms with Crippen LogP contribution in [0, 0.1) is 0 Å². The van der Waals surface area contributed by atoms with Gasteiger partial charge in [0.05, 0.1) is 13.2 Å². The second-order valence-electron chi connectivity index (χ2n) is 3.91. The summed E-state index contributed by atoms with van der Waals surface area (Å²) in [6, 6.07) is 8.06. The van der Waals surface area contributed by atoms with Crippen LogP contribution in [0.5, 0.6) is 5.75 Å². The zero-order valence-corrected chi connectivity index (χ0v) is 9.97. The Morgan fingerprint density at radius 3 is 2.65 bits per heavy atom. The van der Waals surface area contributed by atoms with Crippen LogP contribution in [0.15, 0.2) is 36.7 Å². The molecule has 1 aromatic heterocycles. The van der Waals surface area contributed by atoms with Gasteiger partial charge in [-0.2, -0.15) is 0 Å². The summed E-state index contributed by atoms with van der Waals surface area (Å²) in [5.74, 6) is 1.45. The summed E-state index contributed by atoms with van der Waals surface area (Å²) in [7, 11) is 0. The summed E-state index contributed by atoms with van der Waals surface area (Å²) in [6.45, 7) is 3.59. The fraction of sp³-hybridized carbons (Fsp3) is 0.308. The number of benzene rings is 1. The molecule has 0 amide bonds. The lowest BCUT2D eigenvalue weighted by atomic mass is 10.2. The molecular weight excluding hydrogens is 214 g/mol. The van der Waals surface area contributed by atoms with Crippen LogP contribution in [0.1, 0.15) is 18.9 Å². The second kappa shape index (κ2) is 5.39. The van der Waals surface area contributed by atoms with Crippen LogP contribution in [-0.4, -0.2) is 16.2 Å². The topological polar surface area (TPSA) is 53.1 Å². The zero-order valence-electron chi connectivity index (χ0n) is 9.97. The summed E-state index contributed by atoms with van der Waals surface area (Å²) in [6.07, 6.45) is 4.60. The van der Waals surface area contributed by atoms with E-state index in [4.69, 9.17) is 10.5 Å². The number of hydrogen-bond donors (Lipinski definition) is 1. The lowest BCUT2D eigenvalue weighted by molar-refractivity contribution is 0.317. The Bertz CT molecular complexity index is 462. The number of nitrogen functional groups attached to an aromatic ring is 1. The fourth-order valence-electron chi connectivity index (χ4n) is 1.58. The van der Waals surface area contributed by atoms with Crippen molar-refractivity contribution in [1.29, 1.82) is 0 Å². The SMILES string of the molecule is CCCOc1ccc(Cn2ccnc2N)cc1. The minimum absolute atomic E-state index is 0.538. The van der Waals surface area contributed by atoms with Gasteiger partial charge in [0.15, 0.2) is 5.95 Å². The Morgan fingerprint density at radius 2 is 2.06 bits per heavy atom. The number of nitrogens with two attached hydrogens (primary N) is 1. The molecule has 2 aromatic rings. The maximum atomic E-state index is 5.71. The number of imidazole rings is 1. The third-order valence-corrected chi connectivity index (χ3v) is 2.50. The quantitative estimate of drug-likeness (QED) is 0.859. The van der Waals surface area contributed by atoms with E-state index in [-0.39, 0.29) is 0 Å². The molecule has 17 heavy (non-hydrogen) atoms. The van der Waals surface area contributed by atoms with Crippen molar-refractivity contribution < 1.29 is 4.74 Å². The maximum absolute atomic E-state index is 5.71. The summed E-state index contributed by atoms with van der Waals surface area (Å²) in [5, 5.41) is 0. The Hall–Kier alpha value is -1.97.